The smallest absolute Gasteiger partial charge is 0.177 e. The average Bonchev–Trinajstić information content (AvgIpc) is 2.99. The van der Waals surface area contributed by atoms with Crippen LogP contribution in [-0.2, 0) is 28.4 Å². The molecule has 3 unspecified atom stereocenters. The molecule has 3 aliphatic heterocycles. The average molecular weight is 644 g/mol. The van der Waals surface area contributed by atoms with Crippen molar-refractivity contribution in [2.24, 2.45) is 11.5 Å². The first-order valence-corrected chi connectivity index (χ1v) is 15.0. The fourth-order valence-electron chi connectivity index (χ4n) is 5.76. The van der Waals surface area contributed by atoms with Crippen LogP contribution in [0.15, 0.2) is 0 Å². The minimum Gasteiger partial charge on any atom is -0.394 e. The normalized spacial score (nSPS) is 49.2. The van der Waals surface area contributed by atoms with Crippen LogP contribution in [0.1, 0.15) is 47.5 Å². The summed E-state index contributed by atoms with van der Waals surface area (Å²) in [4.78, 5) is 0. The van der Waals surface area contributed by atoms with Crippen LogP contribution in [0, 0.1) is 0 Å². The number of rotatable bonds is 13. The zero-order chi connectivity index (χ0) is 33.2. The molecule has 0 bridgehead atoms. The summed E-state index contributed by atoms with van der Waals surface area (Å²) in [5, 5.41) is 87.9. The van der Waals surface area contributed by atoms with Crippen LogP contribution < -0.4 is 16.8 Å². The minimum atomic E-state index is -2.05. The summed E-state index contributed by atoms with van der Waals surface area (Å²) in [5.74, 6) is 0. The van der Waals surface area contributed by atoms with Crippen LogP contribution in [-0.4, -0.2) is 164 Å². The van der Waals surface area contributed by atoms with Crippen LogP contribution in [0.25, 0.3) is 0 Å². The summed E-state index contributed by atoms with van der Waals surface area (Å²) >= 11 is 0. The highest BCUT2D eigenvalue weighted by Crippen LogP contribution is 2.44. The molecule has 3 rings (SSSR count). The van der Waals surface area contributed by atoms with E-state index < -0.39 is 116 Å². The third-order valence-corrected chi connectivity index (χ3v) is 9.25. The highest BCUT2D eigenvalue weighted by molar-refractivity contribution is 5.15. The van der Waals surface area contributed by atoms with Crippen molar-refractivity contribution in [2.45, 2.75) is 144 Å². The molecule has 0 amide bonds. The summed E-state index contributed by atoms with van der Waals surface area (Å²) < 4.78 is 35.5. The van der Waals surface area contributed by atoms with Gasteiger partial charge in [-0.25, -0.2) is 0 Å². The number of ether oxygens (including phenoxy) is 6. The minimum absolute atomic E-state index is 0.208. The Kier molecular flexibility index (Phi) is 12.9. The Bertz CT molecular complexity index is 897. The lowest BCUT2D eigenvalue weighted by Crippen LogP contribution is -2.79. The maximum atomic E-state index is 11.6. The number of hydrogen-bond acceptors (Lipinski definition) is 17. The fraction of sp³-hybridized carbons (Fsp3) is 1.00. The largest absolute Gasteiger partial charge is 0.394 e. The molecule has 0 aromatic carbocycles. The first-order valence-electron chi connectivity index (χ1n) is 15.0. The quantitative estimate of drug-likeness (QED) is 0.0841. The molecule has 16 atom stereocenters. The maximum absolute atomic E-state index is 11.6. The first kappa shape index (κ1) is 37.8. The van der Waals surface area contributed by atoms with Crippen molar-refractivity contribution >= 4 is 0 Å². The van der Waals surface area contributed by atoms with Crippen LogP contribution in [0.2, 0.25) is 0 Å². The van der Waals surface area contributed by atoms with Crippen molar-refractivity contribution in [3.05, 3.63) is 0 Å². The van der Waals surface area contributed by atoms with Crippen LogP contribution in [0.4, 0.5) is 0 Å². The standard InChI is InChI=1S/C27H53N3O14/c1-6-8-39-20-15(28)22(36)40-13(10-32)19(20)43-23-16(30-14(34)7-2)17(35)18(12(9-31)41-23)42-24-21(29)26(4,37)27(5,38)25(3,11-33)44-24/h12-24,30-38H,6-11,28-29H2,1-5H3/t12-,13-,14?,15-,16-,17-,18?,19?,20-,21+,22-,23+,24+,25-,26-,27-/m1/s1. The van der Waals surface area contributed by atoms with E-state index in [1.165, 1.54) is 20.8 Å². The van der Waals surface area contributed by atoms with E-state index in [2.05, 4.69) is 5.32 Å². The summed E-state index contributed by atoms with van der Waals surface area (Å²) in [6.45, 7) is 5.63. The molecule has 3 aliphatic rings. The van der Waals surface area contributed by atoms with E-state index in [1.807, 2.05) is 6.92 Å². The van der Waals surface area contributed by atoms with Crippen molar-refractivity contribution in [1.29, 1.82) is 0 Å². The molecule has 3 saturated heterocycles. The van der Waals surface area contributed by atoms with Crippen molar-refractivity contribution < 1.29 is 69.3 Å². The summed E-state index contributed by atoms with van der Waals surface area (Å²) in [7, 11) is 0. The van der Waals surface area contributed by atoms with Crippen molar-refractivity contribution in [2.75, 3.05) is 26.4 Å². The Morgan fingerprint density at radius 1 is 0.886 bits per heavy atom. The molecule has 0 aromatic rings. The number of hydrogen-bond donors (Lipinski definition) is 11. The van der Waals surface area contributed by atoms with E-state index in [9.17, 15) is 40.9 Å². The molecular weight excluding hydrogens is 590 g/mol. The zero-order valence-corrected chi connectivity index (χ0v) is 25.9. The van der Waals surface area contributed by atoms with E-state index in [4.69, 9.17) is 39.9 Å². The van der Waals surface area contributed by atoms with Gasteiger partial charge in [0.25, 0.3) is 0 Å². The number of aliphatic hydroxyl groups excluding tert-OH is 6. The van der Waals surface area contributed by atoms with Gasteiger partial charge in [-0.05, 0) is 33.6 Å². The van der Waals surface area contributed by atoms with Crippen LogP contribution >= 0.6 is 0 Å². The molecule has 3 heterocycles. The molecule has 0 aliphatic carbocycles. The molecule has 260 valence electrons. The monoisotopic (exact) mass is 643 g/mol. The van der Waals surface area contributed by atoms with Gasteiger partial charge in [0.15, 0.2) is 18.9 Å². The molecule has 0 spiro atoms. The van der Waals surface area contributed by atoms with Gasteiger partial charge in [0.2, 0.25) is 0 Å². The van der Waals surface area contributed by atoms with Crippen molar-refractivity contribution in [3.8, 4) is 0 Å². The number of nitrogens with two attached hydrogens (primary N) is 2. The second-order valence-corrected chi connectivity index (χ2v) is 12.3. The van der Waals surface area contributed by atoms with Gasteiger partial charge in [-0.1, -0.05) is 13.8 Å². The zero-order valence-electron chi connectivity index (χ0n) is 25.9. The van der Waals surface area contributed by atoms with Gasteiger partial charge >= 0.3 is 0 Å². The Balaban J connectivity index is 1.94. The number of nitrogens with one attached hydrogen (secondary N) is 1. The SMILES string of the molecule is CCCO[C@H]1C(O[C@@H]2O[C@H](CO)C(O[C@H]3O[C@](C)(CO)[C@@](C)(O)[C@](C)(O)[C@H]3N)[C@H](O)[C@H]2NC(O)CC)[C@@H](CO)O[C@@H](O)[C@@H]1N. The van der Waals surface area contributed by atoms with E-state index in [1.54, 1.807) is 6.92 Å². The van der Waals surface area contributed by atoms with Crippen molar-refractivity contribution in [1.82, 2.24) is 5.32 Å². The van der Waals surface area contributed by atoms with Gasteiger partial charge in [-0.15, -0.1) is 0 Å². The highest BCUT2D eigenvalue weighted by Gasteiger charge is 2.65. The van der Waals surface area contributed by atoms with E-state index >= 15 is 0 Å². The maximum Gasteiger partial charge on any atom is 0.177 e. The van der Waals surface area contributed by atoms with Crippen LogP contribution in [0.3, 0.4) is 0 Å². The number of aliphatic hydroxyl groups is 8. The Morgan fingerprint density at radius 2 is 1.48 bits per heavy atom. The lowest BCUT2D eigenvalue weighted by atomic mass is 9.68. The summed E-state index contributed by atoms with van der Waals surface area (Å²) in [5.41, 5.74) is 6.58. The Morgan fingerprint density at radius 3 is 2.02 bits per heavy atom. The second kappa shape index (κ2) is 15.0. The molecule has 17 heteroatoms. The second-order valence-electron chi connectivity index (χ2n) is 12.3. The predicted molar refractivity (Wildman–Crippen MR) is 150 cm³/mol. The predicted octanol–water partition coefficient (Wildman–Crippen LogP) is -4.71. The highest BCUT2D eigenvalue weighted by atomic mass is 16.7. The van der Waals surface area contributed by atoms with Gasteiger partial charge < -0.3 is 80.7 Å². The fourth-order valence-corrected chi connectivity index (χ4v) is 5.76. The third kappa shape index (κ3) is 7.09. The van der Waals surface area contributed by atoms with Gasteiger partial charge in [0.1, 0.15) is 59.7 Å². The van der Waals surface area contributed by atoms with Crippen LogP contribution in [0.5, 0.6) is 0 Å². The van der Waals surface area contributed by atoms with E-state index in [0.29, 0.717) is 6.42 Å². The van der Waals surface area contributed by atoms with Crippen molar-refractivity contribution in [3.63, 3.8) is 0 Å². The lowest BCUT2D eigenvalue weighted by Gasteiger charge is -2.58. The molecule has 44 heavy (non-hydrogen) atoms. The molecule has 17 nitrogen and oxygen atoms in total. The molecule has 13 N–H and O–H groups in total. The molecule has 0 saturated carbocycles. The summed E-state index contributed by atoms with van der Waals surface area (Å²) in [6, 6.07) is -3.73. The Labute approximate surface area is 256 Å². The van der Waals surface area contributed by atoms with Gasteiger partial charge in [-0.3, -0.25) is 5.32 Å². The Hall–Kier alpha value is -0.680. The summed E-state index contributed by atoms with van der Waals surface area (Å²) in [6.07, 6.45) is -12.3. The van der Waals surface area contributed by atoms with Gasteiger partial charge in [0.05, 0.1) is 37.9 Å². The third-order valence-electron chi connectivity index (χ3n) is 9.25. The van der Waals surface area contributed by atoms with Gasteiger partial charge in [-0.2, -0.15) is 0 Å². The first-order chi connectivity index (χ1) is 20.5. The lowest BCUT2D eigenvalue weighted by molar-refractivity contribution is -0.387. The molecule has 0 aromatic heterocycles. The molecule has 0 radical (unpaired) electrons. The topological polar surface area (TPSA) is 281 Å². The van der Waals surface area contributed by atoms with E-state index in [0.717, 1.165) is 0 Å². The van der Waals surface area contributed by atoms with Gasteiger partial charge in [0, 0.05) is 6.61 Å². The molecular formula is C27H53N3O14. The van der Waals surface area contributed by atoms with E-state index in [-0.39, 0.29) is 13.0 Å². The molecule has 3 fully saturated rings.